The van der Waals surface area contributed by atoms with Gasteiger partial charge in [-0.05, 0) is 49.2 Å². The van der Waals surface area contributed by atoms with Gasteiger partial charge < -0.3 is 9.64 Å². The molecule has 0 fully saturated rings. The van der Waals surface area contributed by atoms with Crippen LogP contribution in [0.25, 0.3) is 5.69 Å². The third kappa shape index (κ3) is 4.98. The number of nitrogens with zero attached hydrogens (tertiary/aromatic N) is 4. The molecule has 3 rings (SSSR count). The smallest absolute Gasteiger partial charge is 0.274 e. The molecule has 1 amide bonds. The van der Waals surface area contributed by atoms with Gasteiger partial charge in [0.05, 0.1) is 17.2 Å². The lowest BCUT2D eigenvalue weighted by atomic mass is 10.1. The summed E-state index contributed by atoms with van der Waals surface area (Å²) in [6.07, 6.45) is 1.60. The van der Waals surface area contributed by atoms with Crippen molar-refractivity contribution in [1.82, 2.24) is 14.7 Å². The minimum absolute atomic E-state index is 0.0356. The Bertz CT molecular complexity index is 1020. The van der Waals surface area contributed by atoms with Gasteiger partial charge in [0.25, 0.3) is 11.6 Å². The van der Waals surface area contributed by atoms with Crippen molar-refractivity contribution < 1.29 is 14.5 Å². The molecule has 8 heteroatoms. The molecule has 0 spiro atoms. The van der Waals surface area contributed by atoms with Gasteiger partial charge in [-0.25, -0.2) is 4.68 Å². The summed E-state index contributed by atoms with van der Waals surface area (Å²) >= 11 is 0. The van der Waals surface area contributed by atoms with Crippen LogP contribution in [0.3, 0.4) is 0 Å². The number of ether oxygens (including phenoxy) is 1. The number of likely N-dealkylation sites (N-methyl/N-ethyl adjacent to an activating group) is 1. The Kier molecular flexibility index (Phi) is 5.92. The standard InChI is InChI=1S/C21H22N4O4/c1-15-11-16(2)13-19(12-15)29-10-9-23(3)21(26)20-7-8-24(22-20)17-5-4-6-18(14-17)25(27)28/h4-8,11-14H,9-10H2,1-3H3. The van der Waals surface area contributed by atoms with Crippen molar-refractivity contribution in [2.45, 2.75) is 13.8 Å². The highest BCUT2D eigenvalue weighted by molar-refractivity contribution is 5.92. The molecular formula is C21H22N4O4. The van der Waals surface area contributed by atoms with Crippen LogP contribution in [-0.2, 0) is 0 Å². The van der Waals surface area contributed by atoms with E-state index in [1.165, 1.54) is 21.7 Å². The maximum absolute atomic E-state index is 12.6. The Hall–Kier alpha value is -3.68. The van der Waals surface area contributed by atoms with Gasteiger partial charge in [-0.2, -0.15) is 5.10 Å². The second-order valence-corrected chi connectivity index (χ2v) is 6.82. The second-order valence-electron chi connectivity index (χ2n) is 6.82. The molecule has 0 unspecified atom stereocenters. The van der Waals surface area contributed by atoms with Gasteiger partial charge in [-0.3, -0.25) is 14.9 Å². The average molecular weight is 394 g/mol. The number of hydrogen-bond donors (Lipinski definition) is 0. The molecule has 0 aliphatic rings. The van der Waals surface area contributed by atoms with Gasteiger partial charge in [-0.1, -0.05) is 12.1 Å². The summed E-state index contributed by atoms with van der Waals surface area (Å²) in [5, 5.41) is 15.2. The number of aromatic nitrogens is 2. The van der Waals surface area contributed by atoms with Gasteiger partial charge in [-0.15, -0.1) is 0 Å². The van der Waals surface area contributed by atoms with E-state index in [-0.39, 0.29) is 17.3 Å². The lowest BCUT2D eigenvalue weighted by Crippen LogP contribution is -2.31. The zero-order valence-electron chi connectivity index (χ0n) is 16.5. The van der Waals surface area contributed by atoms with Crippen molar-refractivity contribution in [1.29, 1.82) is 0 Å². The first-order valence-electron chi connectivity index (χ1n) is 9.10. The monoisotopic (exact) mass is 394 g/mol. The molecule has 1 aromatic heterocycles. The maximum Gasteiger partial charge on any atom is 0.274 e. The summed E-state index contributed by atoms with van der Waals surface area (Å²) in [5.41, 5.74) is 2.98. The predicted molar refractivity (Wildman–Crippen MR) is 109 cm³/mol. The predicted octanol–water partition coefficient (Wildman–Crippen LogP) is 3.55. The van der Waals surface area contributed by atoms with Crippen LogP contribution in [0, 0.1) is 24.0 Å². The fraction of sp³-hybridized carbons (Fsp3) is 0.238. The van der Waals surface area contributed by atoms with E-state index in [1.807, 2.05) is 26.0 Å². The quantitative estimate of drug-likeness (QED) is 0.451. The Balaban J connectivity index is 1.61. The Morgan fingerprint density at radius 1 is 1.17 bits per heavy atom. The number of aryl methyl sites for hydroxylation is 2. The summed E-state index contributed by atoms with van der Waals surface area (Å²) in [4.78, 5) is 24.6. The number of rotatable bonds is 7. The van der Waals surface area contributed by atoms with Crippen LogP contribution in [0.2, 0.25) is 0 Å². The molecule has 0 aliphatic heterocycles. The van der Waals surface area contributed by atoms with E-state index in [0.29, 0.717) is 18.8 Å². The molecule has 29 heavy (non-hydrogen) atoms. The summed E-state index contributed by atoms with van der Waals surface area (Å²) < 4.78 is 7.20. The molecule has 0 saturated heterocycles. The highest BCUT2D eigenvalue weighted by Gasteiger charge is 2.16. The van der Waals surface area contributed by atoms with Crippen LogP contribution >= 0.6 is 0 Å². The van der Waals surface area contributed by atoms with Crippen LogP contribution in [-0.4, -0.2) is 45.7 Å². The number of carbonyl (C=O) groups is 1. The molecule has 0 atom stereocenters. The summed E-state index contributed by atoms with van der Waals surface area (Å²) in [5.74, 6) is 0.525. The molecule has 8 nitrogen and oxygen atoms in total. The summed E-state index contributed by atoms with van der Waals surface area (Å²) in [7, 11) is 1.68. The van der Waals surface area contributed by atoms with Gasteiger partial charge in [0.15, 0.2) is 5.69 Å². The number of non-ortho nitro benzene ring substituents is 1. The van der Waals surface area contributed by atoms with Gasteiger partial charge in [0, 0.05) is 25.4 Å². The molecule has 3 aromatic rings. The van der Waals surface area contributed by atoms with Crippen molar-refractivity contribution in [3.8, 4) is 11.4 Å². The van der Waals surface area contributed by atoms with Crippen molar-refractivity contribution in [2.24, 2.45) is 0 Å². The topological polar surface area (TPSA) is 90.5 Å². The molecule has 2 aromatic carbocycles. The second kappa shape index (κ2) is 8.55. The molecule has 0 N–H and O–H groups in total. The molecule has 0 saturated carbocycles. The van der Waals surface area contributed by atoms with Crippen molar-refractivity contribution in [3.63, 3.8) is 0 Å². The summed E-state index contributed by atoms with van der Waals surface area (Å²) in [6, 6.07) is 13.6. The number of nitro benzene ring substituents is 1. The molecule has 0 aliphatic carbocycles. The third-order valence-corrected chi connectivity index (χ3v) is 4.35. The minimum atomic E-state index is -0.470. The van der Waals surface area contributed by atoms with E-state index < -0.39 is 4.92 Å². The van der Waals surface area contributed by atoms with Crippen LogP contribution in [0.4, 0.5) is 5.69 Å². The first-order valence-corrected chi connectivity index (χ1v) is 9.10. The highest BCUT2D eigenvalue weighted by Crippen LogP contribution is 2.17. The van der Waals surface area contributed by atoms with E-state index >= 15 is 0 Å². The SMILES string of the molecule is Cc1cc(C)cc(OCCN(C)C(=O)c2ccn(-c3cccc([N+](=O)[O-])c3)n2)c1. The molecular weight excluding hydrogens is 372 g/mol. The van der Waals surface area contributed by atoms with Gasteiger partial charge in [0.1, 0.15) is 12.4 Å². The fourth-order valence-corrected chi connectivity index (χ4v) is 2.94. The Morgan fingerprint density at radius 3 is 2.59 bits per heavy atom. The minimum Gasteiger partial charge on any atom is -0.492 e. The zero-order chi connectivity index (χ0) is 21.0. The molecule has 0 bridgehead atoms. The van der Waals surface area contributed by atoms with Gasteiger partial charge >= 0.3 is 0 Å². The lowest BCUT2D eigenvalue weighted by molar-refractivity contribution is -0.384. The third-order valence-electron chi connectivity index (χ3n) is 4.35. The lowest BCUT2D eigenvalue weighted by Gasteiger charge is -2.16. The fourth-order valence-electron chi connectivity index (χ4n) is 2.94. The maximum atomic E-state index is 12.6. The highest BCUT2D eigenvalue weighted by atomic mass is 16.6. The van der Waals surface area contributed by atoms with Crippen LogP contribution < -0.4 is 4.74 Å². The number of carbonyl (C=O) groups excluding carboxylic acids is 1. The number of amides is 1. The van der Waals surface area contributed by atoms with E-state index in [0.717, 1.165) is 16.9 Å². The number of hydrogen-bond acceptors (Lipinski definition) is 5. The van der Waals surface area contributed by atoms with Crippen LogP contribution in [0.15, 0.2) is 54.7 Å². The van der Waals surface area contributed by atoms with Crippen molar-refractivity contribution in [2.75, 3.05) is 20.2 Å². The van der Waals surface area contributed by atoms with Crippen molar-refractivity contribution >= 4 is 11.6 Å². The molecule has 150 valence electrons. The average Bonchev–Trinajstić information content (AvgIpc) is 3.17. The van der Waals surface area contributed by atoms with E-state index in [4.69, 9.17) is 4.74 Å². The normalized spacial score (nSPS) is 10.6. The van der Waals surface area contributed by atoms with Crippen LogP contribution in [0.1, 0.15) is 21.6 Å². The number of benzene rings is 2. The van der Waals surface area contributed by atoms with Gasteiger partial charge in [0.2, 0.25) is 0 Å². The van der Waals surface area contributed by atoms with E-state index in [1.54, 1.807) is 31.4 Å². The summed E-state index contributed by atoms with van der Waals surface area (Å²) in [6.45, 7) is 4.77. The number of nitro groups is 1. The molecule has 1 heterocycles. The molecule has 0 radical (unpaired) electrons. The van der Waals surface area contributed by atoms with E-state index in [9.17, 15) is 14.9 Å². The van der Waals surface area contributed by atoms with Crippen molar-refractivity contribution in [3.05, 3.63) is 81.7 Å². The first-order chi connectivity index (χ1) is 13.8. The first kappa shape index (κ1) is 20.1. The Labute approximate surface area is 168 Å². The zero-order valence-corrected chi connectivity index (χ0v) is 16.5. The van der Waals surface area contributed by atoms with Crippen LogP contribution in [0.5, 0.6) is 5.75 Å². The largest absolute Gasteiger partial charge is 0.492 e. The van der Waals surface area contributed by atoms with E-state index in [2.05, 4.69) is 11.2 Å². The Morgan fingerprint density at radius 2 is 1.90 bits per heavy atom.